The quantitative estimate of drug-likeness (QED) is 0.767. The molecule has 1 atom stereocenters. The molecule has 124 valence electrons. The van der Waals surface area contributed by atoms with Crippen LogP contribution in [0.3, 0.4) is 0 Å². The number of carbonyl (C=O) groups excluding carboxylic acids is 1. The minimum atomic E-state index is -0.00883. The third kappa shape index (κ3) is 2.69. The smallest absolute Gasteiger partial charge is 0.267 e. The second kappa shape index (κ2) is 6.32. The number of aromatic nitrogens is 1. The third-order valence-electron chi connectivity index (χ3n) is 4.49. The van der Waals surface area contributed by atoms with Crippen molar-refractivity contribution in [1.82, 2.24) is 9.88 Å². The van der Waals surface area contributed by atoms with Gasteiger partial charge in [0.2, 0.25) is 0 Å². The first-order valence-electron chi connectivity index (χ1n) is 8.35. The van der Waals surface area contributed by atoms with Crippen LogP contribution in [0.15, 0.2) is 41.8 Å². The molecule has 1 aliphatic heterocycles. The summed E-state index contributed by atoms with van der Waals surface area (Å²) in [5, 5.41) is 6.18. The summed E-state index contributed by atoms with van der Waals surface area (Å²) in [4.78, 5) is 14.0. The molecule has 1 amide bonds. The number of hydrogen-bond donors (Lipinski definition) is 1. The van der Waals surface area contributed by atoms with Crippen molar-refractivity contribution in [3.63, 3.8) is 0 Å². The number of hydrogen-bond acceptors (Lipinski definition) is 3. The van der Waals surface area contributed by atoms with Gasteiger partial charge in [0, 0.05) is 16.8 Å². The highest BCUT2D eigenvalue weighted by Gasteiger charge is 2.25. The van der Waals surface area contributed by atoms with E-state index in [9.17, 15) is 4.79 Å². The Hall–Kier alpha value is -2.27. The van der Waals surface area contributed by atoms with Crippen molar-refractivity contribution in [2.75, 3.05) is 6.54 Å². The van der Waals surface area contributed by atoms with E-state index in [2.05, 4.69) is 28.3 Å². The number of para-hydroxylation sites is 1. The predicted molar refractivity (Wildman–Crippen MR) is 97.0 cm³/mol. The monoisotopic (exact) mass is 340 g/mol. The first-order valence-corrected chi connectivity index (χ1v) is 9.23. The summed E-state index contributed by atoms with van der Waals surface area (Å²) in [6.45, 7) is 3.49. The van der Waals surface area contributed by atoms with Crippen LogP contribution in [0.4, 0.5) is 0 Å². The Kier molecular flexibility index (Phi) is 4.02. The third-order valence-corrected chi connectivity index (χ3v) is 5.42. The lowest BCUT2D eigenvalue weighted by Gasteiger charge is -2.26. The van der Waals surface area contributed by atoms with Gasteiger partial charge in [-0.2, -0.15) is 0 Å². The van der Waals surface area contributed by atoms with E-state index < -0.39 is 0 Å². The second-order valence-corrected chi connectivity index (χ2v) is 7.10. The van der Waals surface area contributed by atoms with Gasteiger partial charge in [-0.15, -0.1) is 11.3 Å². The fourth-order valence-electron chi connectivity index (χ4n) is 3.24. The number of ether oxygens (including phenoxy) is 1. The molecule has 0 bridgehead atoms. The van der Waals surface area contributed by atoms with Crippen molar-refractivity contribution in [2.24, 2.45) is 0 Å². The summed E-state index contributed by atoms with van der Waals surface area (Å²) in [6, 6.07) is 12.1. The Balaban J connectivity index is 1.58. The predicted octanol–water partition coefficient (Wildman–Crippen LogP) is 3.85. The van der Waals surface area contributed by atoms with Crippen LogP contribution in [0.2, 0.25) is 0 Å². The number of nitrogens with one attached hydrogen (secondary N) is 1. The molecule has 3 aromatic rings. The Morgan fingerprint density at radius 2 is 2.29 bits per heavy atom. The Labute approximate surface area is 145 Å². The highest BCUT2D eigenvalue weighted by molar-refractivity contribution is 7.09. The van der Waals surface area contributed by atoms with Crippen molar-refractivity contribution in [2.45, 2.75) is 32.4 Å². The second-order valence-electron chi connectivity index (χ2n) is 6.07. The van der Waals surface area contributed by atoms with Crippen LogP contribution < -0.4 is 10.1 Å². The summed E-state index contributed by atoms with van der Waals surface area (Å²) in [7, 11) is 0. The number of benzene rings is 1. The highest BCUT2D eigenvalue weighted by Crippen LogP contribution is 2.34. The van der Waals surface area contributed by atoms with Crippen LogP contribution in [0.1, 0.15) is 28.7 Å². The molecule has 0 radical (unpaired) electrons. The average Bonchev–Trinajstić information content (AvgIpc) is 3.24. The average molecular weight is 340 g/mol. The summed E-state index contributed by atoms with van der Waals surface area (Å²) >= 11 is 1.72. The molecule has 1 N–H and O–H groups in total. The maximum atomic E-state index is 12.7. The standard InChI is InChI=1S/C19H20N2O2S/c1-2-14-12-21-16(11-13-5-3-7-17(23-14)18(13)21)19(22)20-9-8-15-6-4-10-24-15/h3-7,10-11,14H,2,8-9,12H2,1H3,(H,20,22). The summed E-state index contributed by atoms with van der Waals surface area (Å²) in [5.74, 6) is 0.869. The molecule has 4 rings (SSSR count). The lowest BCUT2D eigenvalue weighted by molar-refractivity contribution is 0.0938. The topological polar surface area (TPSA) is 43.3 Å². The van der Waals surface area contributed by atoms with Gasteiger partial charge in [-0.3, -0.25) is 4.79 Å². The molecule has 3 heterocycles. The lowest BCUT2D eigenvalue weighted by atomic mass is 10.2. The molecule has 1 aromatic carbocycles. The van der Waals surface area contributed by atoms with Crippen LogP contribution in [-0.4, -0.2) is 23.1 Å². The molecular weight excluding hydrogens is 320 g/mol. The number of thiophene rings is 1. The van der Waals surface area contributed by atoms with E-state index in [4.69, 9.17) is 4.74 Å². The molecule has 24 heavy (non-hydrogen) atoms. The van der Waals surface area contributed by atoms with Gasteiger partial charge in [-0.25, -0.2) is 0 Å². The number of rotatable bonds is 5. The van der Waals surface area contributed by atoms with E-state index in [1.54, 1.807) is 11.3 Å². The van der Waals surface area contributed by atoms with E-state index in [-0.39, 0.29) is 12.0 Å². The van der Waals surface area contributed by atoms with Crippen LogP contribution in [0.5, 0.6) is 5.75 Å². The maximum absolute atomic E-state index is 12.7. The van der Waals surface area contributed by atoms with E-state index in [1.807, 2.05) is 30.3 Å². The Morgan fingerprint density at radius 3 is 3.08 bits per heavy atom. The van der Waals surface area contributed by atoms with E-state index in [1.165, 1.54) is 4.88 Å². The van der Waals surface area contributed by atoms with Gasteiger partial charge >= 0.3 is 0 Å². The van der Waals surface area contributed by atoms with E-state index >= 15 is 0 Å². The SMILES string of the molecule is CCC1Cn2c(C(=O)NCCc3cccs3)cc3cccc(c32)O1. The van der Waals surface area contributed by atoms with Gasteiger partial charge in [0.25, 0.3) is 5.91 Å². The van der Waals surface area contributed by atoms with E-state index in [0.717, 1.165) is 41.7 Å². The number of carbonyl (C=O) groups is 1. The Morgan fingerprint density at radius 1 is 1.38 bits per heavy atom. The molecule has 1 aliphatic rings. The van der Waals surface area contributed by atoms with Gasteiger partial charge in [-0.05, 0) is 36.4 Å². The molecule has 0 spiro atoms. The molecule has 0 fully saturated rings. The molecule has 0 saturated carbocycles. The Bertz CT molecular complexity index is 867. The zero-order valence-corrected chi connectivity index (χ0v) is 14.4. The lowest BCUT2D eigenvalue weighted by Crippen LogP contribution is -2.32. The fraction of sp³-hybridized carbons (Fsp3) is 0.316. The van der Waals surface area contributed by atoms with Gasteiger partial charge < -0.3 is 14.6 Å². The van der Waals surface area contributed by atoms with Crippen LogP contribution in [0, 0.1) is 0 Å². The minimum Gasteiger partial charge on any atom is -0.486 e. The first-order chi connectivity index (χ1) is 11.8. The van der Waals surface area contributed by atoms with Gasteiger partial charge in [0.15, 0.2) is 0 Å². The molecule has 0 saturated heterocycles. The van der Waals surface area contributed by atoms with Crippen molar-refractivity contribution in [1.29, 1.82) is 0 Å². The van der Waals surface area contributed by atoms with E-state index in [0.29, 0.717) is 6.54 Å². The molecule has 0 aliphatic carbocycles. The maximum Gasteiger partial charge on any atom is 0.267 e. The highest BCUT2D eigenvalue weighted by atomic mass is 32.1. The zero-order valence-electron chi connectivity index (χ0n) is 13.6. The van der Waals surface area contributed by atoms with Gasteiger partial charge in [0.1, 0.15) is 17.5 Å². The molecule has 2 aromatic heterocycles. The normalized spacial score (nSPS) is 16.1. The van der Waals surface area contributed by atoms with Gasteiger partial charge in [0.05, 0.1) is 12.1 Å². The van der Waals surface area contributed by atoms with Crippen LogP contribution in [0.25, 0.3) is 10.9 Å². The van der Waals surface area contributed by atoms with Crippen molar-refractivity contribution < 1.29 is 9.53 Å². The van der Waals surface area contributed by atoms with Crippen LogP contribution in [-0.2, 0) is 13.0 Å². The number of nitrogens with zero attached hydrogens (tertiary/aromatic N) is 1. The van der Waals surface area contributed by atoms with Crippen molar-refractivity contribution >= 4 is 28.1 Å². The first kappa shape index (κ1) is 15.3. The summed E-state index contributed by atoms with van der Waals surface area (Å²) in [5.41, 5.74) is 1.76. The molecule has 1 unspecified atom stereocenters. The number of amides is 1. The summed E-state index contributed by atoms with van der Waals surface area (Å²) in [6.07, 6.45) is 1.91. The van der Waals surface area contributed by atoms with Crippen molar-refractivity contribution in [3.05, 3.63) is 52.3 Å². The van der Waals surface area contributed by atoms with Gasteiger partial charge in [-0.1, -0.05) is 25.1 Å². The largest absolute Gasteiger partial charge is 0.486 e. The minimum absolute atomic E-state index is 0.00883. The molecular formula is C19H20N2O2S. The molecule has 5 heteroatoms. The fourth-order valence-corrected chi connectivity index (χ4v) is 3.95. The summed E-state index contributed by atoms with van der Waals surface area (Å²) < 4.78 is 8.14. The van der Waals surface area contributed by atoms with Crippen molar-refractivity contribution in [3.8, 4) is 5.75 Å². The molecule has 4 nitrogen and oxygen atoms in total. The zero-order chi connectivity index (χ0) is 16.5. The van der Waals surface area contributed by atoms with Crippen LogP contribution >= 0.6 is 11.3 Å².